The Morgan fingerprint density at radius 1 is 1.23 bits per heavy atom. The van der Waals surface area contributed by atoms with E-state index in [2.05, 4.69) is 5.32 Å². The maximum absolute atomic E-state index is 10.7. The van der Waals surface area contributed by atoms with Gasteiger partial charge in [0.15, 0.2) is 0 Å². The molecular weight excluding hydrogens is 172 g/mol. The molecule has 0 aromatic carbocycles. The van der Waals surface area contributed by atoms with Crippen molar-refractivity contribution in [3.63, 3.8) is 0 Å². The number of carboxylic acid groups (broad SMARTS) is 1. The fraction of sp³-hybridized carbons (Fsp3) is 0.500. The van der Waals surface area contributed by atoms with E-state index in [-0.39, 0.29) is 5.70 Å². The number of nitrogens with one attached hydrogen (secondary N) is 1. The van der Waals surface area contributed by atoms with Crippen molar-refractivity contribution >= 4 is 11.9 Å². The molecule has 1 amide bonds. The Labute approximate surface area is 77.0 Å². The van der Waals surface area contributed by atoms with E-state index in [1.54, 1.807) is 25.9 Å². The number of nitrogens with zero attached hydrogens (tertiary/aromatic N) is 1. The predicted molar refractivity (Wildman–Crippen MR) is 47.8 cm³/mol. The van der Waals surface area contributed by atoms with Crippen LogP contribution in [0.15, 0.2) is 11.4 Å². The molecule has 0 aliphatic carbocycles. The number of hydrogen-bond donors (Lipinski definition) is 2. The highest BCUT2D eigenvalue weighted by Crippen LogP contribution is 2.03. The first-order valence-electron chi connectivity index (χ1n) is 3.75. The number of carbonyl (C=O) groups excluding carboxylic acids is 1. The Hall–Kier alpha value is -1.52. The van der Waals surface area contributed by atoms with Gasteiger partial charge in [-0.25, -0.2) is 4.79 Å². The van der Waals surface area contributed by atoms with E-state index < -0.39 is 11.9 Å². The molecule has 0 unspecified atom stereocenters. The zero-order valence-corrected chi connectivity index (χ0v) is 8.21. The average molecular weight is 186 g/mol. The van der Waals surface area contributed by atoms with Gasteiger partial charge in [-0.15, -0.1) is 0 Å². The van der Waals surface area contributed by atoms with Crippen molar-refractivity contribution in [1.29, 1.82) is 0 Å². The Kier molecular flexibility index (Phi) is 3.97. The molecular formula is C8H14N2O3. The van der Waals surface area contributed by atoms with Gasteiger partial charge >= 0.3 is 5.97 Å². The second kappa shape index (κ2) is 4.49. The average Bonchev–Trinajstić information content (AvgIpc) is 1.97. The molecule has 0 bridgehead atoms. The van der Waals surface area contributed by atoms with Crippen molar-refractivity contribution in [2.45, 2.75) is 13.8 Å². The molecule has 0 atom stereocenters. The molecule has 0 radical (unpaired) electrons. The molecule has 0 saturated carbocycles. The molecule has 0 aliphatic heterocycles. The molecule has 2 N–H and O–H groups in total. The van der Waals surface area contributed by atoms with Crippen LogP contribution in [0.3, 0.4) is 0 Å². The lowest BCUT2D eigenvalue weighted by Crippen LogP contribution is -2.29. The van der Waals surface area contributed by atoms with E-state index in [1.807, 2.05) is 0 Å². The minimum atomic E-state index is -1.14. The van der Waals surface area contributed by atoms with Crippen molar-refractivity contribution < 1.29 is 14.7 Å². The van der Waals surface area contributed by atoms with Crippen molar-refractivity contribution in [1.82, 2.24) is 10.2 Å². The first kappa shape index (κ1) is 11.5. The number of hydrogen-bond acceptors (Lipinski definition) is 3. The van der Waals surface area contributed by atoms with Crippen LogP contribution in [0.25, 0.3) is 0 Å². The summed E-state index contributed by atoms with van der Waals surface area (Å²) in [5.41, 5.74) is 0.417. The van der Waals surface area contributed by atoms with Crippen molar-refractivity contribution in [2.75, 3.05) is 14.1 Å². The molecule has 5 nitrogen and oxygen atoms in total. The highest BCUT2D eigenvalue weighted by molar-refractivity contribution is 5.92. The second-order valence-electron chi connectivity index (χ2n) is 2.84. The molecule has 74 valence electrons. The van der Waals surface area contributed by atoms with Gasteiger partial charge in [-0.05, 0) is 6.92 Å². The van der Waals surface area contributed by atoms with E-state index in [1.165, 1.54) is 6.92 Å². The van der Waals surface area contributed by atoms with Gasteiger partial charge in [-0.1, -0.05) is 0 Å². The van der Waals surface area contributed by atoms with Gasteiger partial charge in [0.2, 0.25) is 5.91 Å². The zero-order chi connectivity index (χ0) is 10.6. The summed E-state index contributed by atoms with van der Waals surface area (Å²) >= 11 is 0. The summed E-state index contributed by atoms with van der Waals surface area (Å²) in [5.74, 6) is -1.53. The third-order valence-corrected chi connectivity index (χ3v) is 1.55. The van der Waals surface area contributed by atoms with Crippen LogP contribution in [-0.2, 0) is 9.59 Å². The standard InChI is InChI=1S/C8H14N2O3/c1-5(10(3)4)7(8(12)13)9-6(2)11/h1-4H3,(H,9,11)(H,12,13)/b7-5-. The number of aliphatic carboxylic acids is 1. The zero-order valence-electron chi connectivity index (χ0n) is 8.21. The topological polar surface area (TPSA) is 69.6 Å². The lowest BCUT2D eigenvalue weighted by Gasteiger charge is -2.16. The molecule has 0 aliphatic rings. The summed E-state index contributed by atoms with van der Waals surface area (Å²) in [7, 11) is 3.42. The van der Waals surface area contributed by atoms with Crippen LogP contribution in [-0.4, -0.2) is 36.0 Å². The molecule has 0 heterocycles. The Morgan fingerprint density at radius 3 is 1.92 bits per heavy atom. The molecule has 0 aromatic heterocycles. The van der Waals surface area contributed by atoms with Gasteiger partial charge in [-0.2, -0.15) is 0 Å². The summed E-state index contributed by atoms with van der Waals surface area (Å²) in [6.07, 6.45) is 0. The molecule has 13 heavy (non-hydrogen) atoms. The fourth-order valence-corrected chi connectivity index (χ4v) is 0.698. The first-order valence-corrected chi connectivity index (χ1v) is 3.75. The summed E-state index contributed by atoms with van der Waals surface area (Å²) in [6, 6.07) is 0. The van der Waals surface area contributed by atoms with Crippen LogP contribution in [0.4, 0.5) is 0 Å². The van der Waals surface area contributed by atoms with Gasteiger partial charge in [0.05, 0.1) is 0 Å². The van der Waals surface area contributed by atoms with E-state index in [4.69, 9.17) is 5.11 Å². The molecule has 0 rings (SSSR count). The van der Waals surface area contributed by atoms with Gasteiger partial charge in [0.25, 0.3) is 0 Å². The van der Waals surface area contributed by atoms with Crippen molar-refractivity contribution in [3.8, 4) is 0 Å². The Morgan fingerprint density at radius 2 is 1.69 bits per heavy atom. The maximum atomic E-state index is 10.7. The lowest BCUT2D eigenvalue weighted by atomic mass is 10.3. The largest absolute Gasteiger partial charge is 0.477 e. The smallest absolute Gasteiger partial charge is 0.354 e. The summed E-state index contributed by atoms with van der Waals surface area (Å²) < 4.78 is 0. The summed E-state index contributed by atoms with van der Waals surface area (Å²) in [4.78, 5) is 23.0. The van der Waals surface area contributed by atoms with E-state index in [0.29, 0.717) is 5.70 Å². The quantitative estimate of drug-likeness (QED) is 0.609. The highest BCUT2D eigenvalue weighted by atomic mass is 16.4. The van der Waals surface area contributed by atoms with Crippen LogP contribution in [0.5, 0.6) is 0 Å². The van der Waals surface area contributed by atoms with Crippen molar-refractivity contribution in [3.05, 3.63) is 11.4 Å². The van der Waals surface area contributed by atoms with Gasteiger partial charge < -0.3 is 15.3 Å². The summed E-state index contributed by atoms with van der Waals surface area (Å²) in [5, 5.41) is 11.0. The fourth-order valence-electron chi connectivity index (χ4n) is 0.698. The van der Waals surface area contributed by atoms with Crippen LogP contribution < -0.4 is 5.32 Å². The third-order valence-electron chi connectivity index (χ3n) is 1.55. The molecule has 5 heteroatoms. The highest BCUT2D eigenvalue weighted by Gasteiger charge is 2.13. The monoisotopic (exact) mass is 186 g/mol. The van der Waals surface area contributed by atoms with Gasteiger partial charge in [-0.3, -0.25) is 4.79 Å². The van der Waals surface area contributed by atoms with E-state index >= 15 is 0 Å². The van der Waals surface area contributed by atoms with E-state index in [0.717, 1.165) is 0 Å². The molecule has 0 spiro atoms. The minimum absolute atomic E-state index is 0.0856. The maximum Gasteiger partial charge on any atom is 0.354 e. The van der Waals surface area contributed by atoms with Gasteiger partial charge in [0, 0.05) is 26.7 Å². The van der Waals surface area contributed by atoms with Crippen LogP contribution in [0.1, 0.15) is 13.8 Å². The predicted octanol–water partition coefficient (Wildman–Crippen LogP) is 0.000200. The third kappa shape index (κ3) is 3.59. The summed E-state index contributed by atoms with van der Waals surface area (Å²) in [6.45, 7) is 2.89. The van der Waals surface area contributed by atoms with Gasteiger partial charge in [0.1, 0.15) is 5.70 Å². The normalized spacial score (nSPS) is 11.7. The number of rotatable bonds is 3. The van der Waals surface area contributed by atoms with Crippen molar-refractivity contribution in [2.24, 2.45) is 0 Å². The number of carbonyl (C=O) groups is 2. The minimum Gasteiger partial charge on any atom is -0.477 e. The Bertz CT molecular complexity index is 256. The van der Waals surface area contributed by atoms with Crippen LogP contribution in [0, 0.1) is 0 Å². The number of amides is 1. The number of carboxylic acids is 1. The molecule has 0 fully saturated rings. The molecule has 0 aromatic rings. The van der Waals surface area contributed by atoms with E-state index in [9.17, 15) is 9.59 Å². The van der Waals surface area contributed by atoms with Crippen LogP contribution >= 0.6 is 0 Å². The van der Waals surface area contributed by atoms with Crippen LogP contribution in [0.2, 0.25) is 0 Å². The lowest BCUT2D eigenvalue weighted by molar-refractivity contribution is -0.134. The molecule has 0 saturated heterocycles. The number of allylic oxidation sites excluding steroid dienone is 1. The SMILES string of the molecule is CC(=O)N/C(C(=O)O)=C(/C)N(C)C. The second-order valence-corrected chi connectivity index (χ2v) is 2.84. The first-order chi connectivity index (χ1) is 5.86. The Balaban J connectivity index is 4.89.